The van der Waals surface area contributed by atoms with Crippen molar-refractivity contribution in [3.63, 3.8) is 0 Å². The summed E-state index contributed by atoms with van der Waals surface area (Å²) >= 11 is 6.27. The summed E-state index contributed by atoms with van der Waals surface area (Å²) in [5.74, 6) is 0.862. The SMILES string of the molecule is O=C([O-])CCc1ccc(Oc2cc(Oc3ccc(Cl)cc3C3CCCCC3)cc([N+](=O)[O-])c2)cc1. The molecule has 0 spiro atoms. The van der Waals surface area contributed by atoms with Crippen LogP contribution in [-0.4, -0.2) is 10.9 Å². The van der Waals surface area contributed by atoms with Crippen LogP contribution >= 0.6 is 11.6 Å². The monoisotopic (exact) mass is 494 g/mol. The number of rotatable bonds is 9. The number of carbonyl (C=O) groups is 1. The van der Waals surface area contributed by atoms with Gasteiger partial charge in [0.25, 0.3) is 5.69 Å². The molecule has 0 atom stereocenters. The van der Waals surface area contributed by atoms with Crippen LogP contribution < -0.4 is 14.6 Å². The minimum absolute atomic E-state index is 0.0701. The highest BCUT2D eigenvalue weighted by molar-refractivity contribution is 6.30. The van der Waals surface area contributed by atoms with Gasteiger partial charge in [-0.05, 0) is 73.1 Å². The Morgan fingerprint density at radius 1 is 0.914 bits per heavy atom. The molecule has 0 N–H and O–H groups in total. The largest absolute Gasteiger partial charge is 0.550 e. The average molecular weight is 495 g/mol. The number of non-ortho nitro benzene ring substituents is 1. The topological polar surface area (TPSA) is 102 Å². The zero-order valence-corrected chi connectivity index (χ0v) is 19.8. The minimum atomic E-state index is -1.11. The Balaban J connectivity index is 1.57. The summed E-state index contributed by atoms with van der Waals surface area (Å²) in [6.45, 7) is 0. The first-order chi connectivity index (χ1) is 16.9. The van der Waals surface area contributed by atoms with Gasteiger partial charge in [-0.2, -0.15) is 0 Å². The molecule has 0 aliphatic heterocycles. The highest BCUT2D eigenvalue weighted by Gasteiger charge is 2.21. The second-order valence-corrected chi connectivity index (χ2v) is 9.09. The van der Waals surface area contributed by atoms with Gasteiger partial charge in [0.2, 0.25) is 0 Å². The molecule has 1 aliphatic carbocycles. The predicted octanol–water partition coefficient (Wildman–Crippen LogP) is 6.56. The molecule has 0 saturated heterocycles. The van der Waals surface area contributed by atoms with E-state index in [0.717, 1.165) is 36.8 Å². The highest BCUT2D eigenvalue weighted by atomic mass is 35.5. The van der Waals surface area contributed by atoms with E-state index in [2.05, 4.69) is 0 Å². The number of nitrogens with zero attached hydrogens (tertiary/aromatic N) is 1. The Bertz CT molecular complexity index is 1200. The van der Waals surface area contributed by atoms with Crippen molar-refractivity contribution in [2.24, 2.45) is 0 Å². The van der Waals surface area contributed by atoms with Crippen LogP contribution in [0.3, 0.4) is 0 Å². The number of aliphatic carboxylic acids is 1. The van der Waals surface area contributed by atoms with Crippen LogP contribution in [0.5, 0.6) is 23.0 Å². The second kappa shape index (κ2) is 11.2. The summed E-state index contributed by atoms with van der Waals surface area (Å²) in [5, 5.41) is 22.8. The molecule has 3 aromatic carbocycles. The normalized spacial score (nSPS) is 13.9. The number of halogens is 1. The van der Waals surface area contributed by atoms with Crippen molar-refractivity contribution in [2.75, 3.05) is 0 Å². The van der Waals surface area contributed by atoms with Crippen molar-refractivity contribution in [1.29, 1.82) is 0 Å². The Labute approximate surface area is 208 Å². The number of carboxylic acid groups (broad SMARTS) is 1. The summed E-state index contributed by atoms with van der Waals surface area (Å²) in [7, 11) is 0. The first kappa shape index (κ1) is 24.5. The first-order valence-electron chi connectivity index (χ1n) is 11.6. The van der Waals surface area contributed by atoms with Crippen LogP contribution in [-0.2, 0) is 11.2 Å². The number of ether oxygens (including phenoxy) is 2. The van der Waals surface area contributed by atoms with Crippen molar-refractivity contribution in [2.45, 2.75) is 50.9 Å². The van der Waals surface area contributed by atoms with E-state index in [4.69, 9.17) is 21.1 Å². The van der Waals surface area contributed by atoms with E-state index in [9.17, 15) is 20.0 Å². The highest BCUT2D eigenvalue weighted by Crippen LogP contribution is 2.41. The lowest BCUT2D eigenvalue weighted by molar-refractivity contribution is -0.385. The smallest absolute Gasteiger partial charge is 0.276 e. The quantitative estimate of drug-likeness (QED) is 0.246. The van der Waals surface area contributed by atoms with E-state index in [1.165, 1.54) is 18.6 Å². The van der Waals surface area contributed by atoms with Crippen LogP contribution in [0.2, 0.25) is 5.02 Å². The Hall–Kier alpha value is -3.58. The molecule has 3 aromatic rings. The molecule has 1 saturated carbocycles. The molecule has 7 nitrogen and oxygen atoms in total. The fourth-order valence-corrected chi connectivity index (χ4v) is 4.54. The molecule has 35 heavy (non-hydrogen) atoms. The van der Waals surface area contributed by atoms with Gasteiger partial charge < -0.3 is 19.4 Å². The molecule has 0 unspecified atom stereocenters. The van der Waals surface area contributed by atoms with Gasteiger partial charge in [0.1, 0.15) is 23.0 Å². The van der Waals surface area contributed by atoms with E-state index in [1.54, 1.807) is 42.5 Å². The van der Waals surface area contributed by atoms with Crippen LogP contribution in [0.15, 0.2) is 60.7 Å². The number of nitro benzene ring substituents is 1. The van der Waals surface area contributed by atoms with Gasteiger partial charge in [0, 0.05) is 17.1 Å². The summed E-state index contributed by atoms with van der Waals surface area (Å²) in [6.07, 6.45) is 5.91. The molecule has 1 aliphatic rings. The number of benzene rings is 3. The molecule has 0 heterocycles. The molecule has 182 valence electrons. The van der Waals surface area contributed by atoms with Crippen LogP contribution in [0, 0.1) is 10.1 Å². The van der Waals surface area contributed by atoms with Crippen LogP contribution in [0.25, 0.3) is 0 Å². The number of carboxylic acids is 1. The van der Waals surface area contributed by atoms with Crippen molar-refractivity contribution in [1.82, 2.24) is 0 Å². The van der Waals surface area contributed by atoms with Crippen molar-refractivity contribution >= 4 is 23.3 Å². The lowest BCUT2D eigenvalue weighted by Gasteiger charge is -2.24. The Kier molecular flexibility index (Phi) is 7.87. The van der Waals surface area contributed by atoms with E-state index in [-0.39, 0.29) is 17.9 Å². The van der Waals surface area contributed by atoms with Gasteiger partial charge in [-0.15, -0.1) is 0 Å². The molecule has 8 heteroatoms. The fourth-order valence-electron chi connectivity index (χ4n) is 4.36. The van der Waals surface area contributed by atoms with Gasteiger partial charge in [-0.1, -0.05) is 43.0 Å². The van der Waals surface area contributed by atoms with Gasteiger partial charge in [-0.3, -0.25) is 10.1 Å². The number of hydrogen-bond acceptors (Lipinski definition) is 6. The maximum Gasteiger partial charge on any atom is 0.276 e. The van der Waals surface area contributed by atoms with Gasteiger partial charge in [0.15, 0.2) is 0 Å². The number of nitro groups is 1. The van der Waals surface area contributed by atoms with E-state index in [1.807, 2.05) is 6.07 Å². The zero-order valence-electron chi connectivity index (χ0n) is 19.1. The minimum Gasteiger partial charge on any atom is -0.550 e. The third-order valence-corrected chi connectivity index (χ3v) is 6.33. The lowest BCUT2D eigenvalue weighted by atomic mass is 9.84. The van der Waals surface area contributed by atoms with Gasteiger partial charge in [0.05, 0.1) is 17.1 Å². The summed E-state index contributed by atoms with van der Waals surface area (Å²) < 4.78 is 12.0. The molecule has 0 amide bonds. The lowest BCUT2D eigenvalue weighted by Crippen LogP contribution is -2.22. The van der Waals surface area contributed by atoms with Crippen LogP contribution in [0.1, 0.15) is 55.6 Å². The van der Waals surface area contributed by atoms with E-state index in [0.29, 0.717) is 34.6 Å². The molecular formula is C27H25ClNO6-. The summed E-state index contributed by atoms with van der Waals surface area (Å²) in [4.78, 5) is 21.7. The van der Waals surface area contributed by atoms with Crippen LogP contribution in [0.4, 0.5) is 5.69 Å². The third-order valence-electron chi connectivity index (χ3n) is 6.10. The standard InChI is InChI=1S/C27H26ClNO6/c28-20-9-12-26(25(14-20)19-4-2-1-3-5-19)35-24-16-21(29(32)33)15-23(17-24)34-22-10-6-18(7-11-22)8-13-27(30)31/h6-7,9-12,14-17,19H,1-5,8,13H2,(H,30,31)/p-1. The predicted molar refractivity (Wildman–Crippen MR) is 130 cm³/mol. The maximum atomic E-state index is 11.6. The first-order valence-corrected chi connectivity index (χ1v) is 12.0. The van der Waals surface area contributed by atoms with Crippen molar-refractivity contribution in [3.8, 4) is 23.0 Å². The maximum absolute atomic E-state index is 11.6. The van der Waals surface area contributed by atoms with Crippen molar-refractivity contribution in [3.05, 3.63) is 86.9 Å². The van der Waals surface area contributed by atoms with Gasteiger partial charge >= 0.3 is 0 Å². The van der Waals surface area contributed by atoms with E-state index >= 15 is 0 Å². The molecule has 4 rings (SSSR count). The molecule has 0 aromatic heterocycles. The molecular weight excluding hydrogens is 470 g/mol. The third kappa shape index (κ3) is 6.73. The average Bonchev–Trinajstić information content (AvgIpc) is 2.85. The Morgan fingerprint density at radius 3 is 2.26 bits per heavy atom. The summed E-state index contributed by atoms with van der Waals surface area (Å²) in [5.41, 5.74) is 1.68. The fraction of sp³-hybridized carbons (Fsp3) is 0.296. The molecule has 0 radical (unpaired) electrons. The second-order valence-electron chi connectivity index (χ2n) is 8.66. The summed E-state index contributed by atoms with van der Waals surface area (Å²) in [6, 6.07) is 16.6. The number of carbonyl (C=O) groups excluding carboxylic acids is 1. The zero-order chi connectivity index (χ0) is 24.8. The van der Waals surface area contributed by atoms with Crippen molar-refractivity contribution < 1.29 is 24.3 Å². The van der Waals surface area contributed by atoms with E-state index < -0.39 is 10.9 Å². The molecule has 0 bridgehead atoms. The molecule has 1 fully saturated rings. The number of hydrogen-bond donors (Lipinski definition) is 0. The number of aryl methyl sites for hydroxylation is 1. The Morgan fingerprint density at radius 2 is 1.60 bits per heavy atom. The van der Waals surface area contributed by atoms with Gasteiger partial charge in [-0.25, -0.2) is 0 Å².